The molecule has 0 amide bonds. The number of ether oxygens (including phenoxy) is 9. The SMILES string of the molecule is CC1(C)O[C@H]2[C@@H](O1)[C@@H](CO[C@@H]1O[C@H](CBr)[C@@H](O[C@H]3O[C@H](CBr)[C@@H](O)[C@H](O)[C@H]3O)[C@H](O)[C@H]1O)O[C@@H]1OC(C)(C)O[C@@H]12. The Morgan fingerprint density at radius 3 is 1.85 bits per heavy atom. The highest BCUT2D eigenvalue weighted by molar-refractivity contribution is 9.09. The van der Waals surface area contributed by atoms with Gasteiger partial charge in [-0.1, -0.05) is 31.9 Å². The molecular formula is C24H38Br2O14. The molecule has 0 aliphatic carbocycles. The average Bonchev–Trinajstić information content (AvgIpc) is 3.39. The molecule has 0 spiro atoms. The molecule has 40 heavy (non-hydrogen) atoms. The topological polar surface area (TPSA) is 184 Å². The quantitative estimate of drug-likeness (QED) is 0.199. The number of hydrogen-bond donors (Lipinski definition) is 5. The van der Waals surface area contributed by atoms with Crippen LogP contribution in [0.3, 0.4) is 0 Å². The second-order valence-corrected chi connectivity index (χ2v) is 12.8. The van der Waals surface area contributed by atoms with Crippen molar-refractivity contribution in [3.05, 3.63) is 0 Å². The van der Waals surface area contributed by atoms with Crippen molar-refractivity contribution < 1.29 is 68.2 Å². The maximum atomic E-state index is 11.0. The summed E-state index contributed by atoms with van der Waals surface area (Å²) in [5.74, 6) is -1.78. The lowest BCUT2D eigenvalue weighted by Crippen LogP contribution is -2.64. The van der Waals surface area contributed by atoms with Crippen molar-refractivity contribution >= 4 is 31.9 Å². The minimum absolute atomic E-state index is 0.0932. The van der Waals surface area contributed by atoms with Gasteiger partial charge in [0.15, 0.2) is 30.4 Å². The van der Waals surface area contributed by atoms with Crippen LogP contribution >= 0.6 is 31.9 Å². The predicted octanol–water partition coefficient (Wildman–Crippen LogP) is -1.17. The van der Waals surface area contributed by atoms with Crippen molar-refractivity contribution in [3.8, 4) is 0 Å². The van der Waals surface area contributed by atoms with E-state index >= 15 is 0 Å². The lowest BCUT2D eigenvalue weighted by molar-refractivity contribution is -0.354. The number of hydrogen-bond acceptors (Lipinski definition) is 14. The molecule has 15 atom stereocenters. The van der Waals surface area contributed by atoms with Gasteiger partial charge in [0.2, 0.25) is 0 Å². The summed E-state index contributed by atoms with van der Waals surface area (Å²) >= 11 is 6.51. The van der Waals surface area contributed by atoms with E-state index in [-0.39, 0.29) is 17.3 Å². The van der Waals surface area contributed by atoms with Gasteiger partial charge in [0, 0.05) is 10.7 Å². The van der Waals surface area contributed by atoms with Crippen LogP contribution in [0.2, 0.25) is 0 Å². The number of alkyl halides is 2. The van der Waals surface area contributed by atoms with Crippen LogP contribution in [0.1, 0.15) is 27.7 Å². The van der Waals surface area contributed by atoms with E-state index in [0.29, 0.717) is 0 Å². The molecule has 0 bridgehead atoms. The second-order valence-electron chi connectivity index (χ2n) is 11.5. The maximum absolute atomic E-state index is 11.0. The summed E-state index contributed by atoms with van der Waals surface area (Å²) in [5.41, 5.74) is 0. The molecule has 14 nitrogen and oxygen atoms in total. The molecule has 232 valence electrons. The molecule has 0 unspecified atom stereocenters. The molecule has 5 aliphatic heterocycles. The Kier molecular flexibility index (Phi) is 9.59. The van der Waals surface area contributed by atoms with E-state index in [4.69, 9.17) is 42.6 Å². The molecule has 0 aromatic heterocycles. The number of fused-ring (bicyclic) bond motifs is 3. The Morgan fingerprint density at radius 2 is 1.18 bits per heavy atom. The van der Waals surface area contributed by atoms with Gasteiger partial charge >= 0.3 is 0 Å². The van der Waals surface area contributed by atoms with E-state index in [2.05, 4.69) is 31.9 Å². The van der Waals surface area contributed by atoms with E-state index in [9.17, 15) is 25.5 Å². The van der Waals surface area contributed by atoms with Gasteiger partial charge in [0.25, 0.3) is 0 Å². The fourth-order valence-corrected chi connectivity index (χ4v) is 6.72. The number of aliphatic hydroxyl groups excluding tert-OH is 5. The van der Waals surface area contributed by atoms with Crippen molar-refractivity contribution in [2.45, 2.75) is 131 Å². The molecule has 5 aliphatic rings. The van der Waals surface area contributed by atoms with Crippen molar-refractivity contribution in [2.24, 2.45) is 0 Å². The zero-order valence-electron chi connectivity index (χ0n) is 22.4. The summed E-state index contributed by atoms with van der Waals surface area (Å²) in [5, 5.41) is 52.9. The van der Waals surface area contributed by atoms with Gasteiger partial charge in [-0.15, -0.1) is 0 Å². The number of aliphatic hydroxyl groups is 5. The zero-order valence-corrected chi connectivity index (χ0v) is 25.6. The average molecular weight is 710 g/mol. The highest BCUT2D eigenvalue weighted by atomic mass is 79.9. The smallest absolute Gasteiger partial charge is 0.190 e. The first-order chi connectivity index (χ1) is 18.7. The third-order valence-electron chi connectivity index (χ3n) is 7.58. The van der Waals surface area contributed by atoms with Gasteiger partial charge in [-0.05, 0) is 27.7 Å². The predicted molar refractivity (Wildman–Crippen MR) is 138 cm³/mol. The molecule has 0 aromatic carbocycles. The Morgan fingerprint density at radius 1 is 0.600 bits per heavy atom. The van der Waals surface area contributed by atoms with E-state index in [1.807, 2.05) is 0 Å². The van der Waals surface area contributed by atoms with Crippen molar-refractivity contribution in [2.75, 3.05) is 17.3 Å². The third kappa shape index (κ3) is 6.16. The Hall–Kier alpha value is 0.400. The summed E-state index contributed by atoms with van der Waals surface area (Å²) in [6.07, 6.45) is -16.1. The molecule has 5 fully saturated rings. The summed E-state index contributed by atoms with van der Waals surface area (Å²) in [7, 11) is 0. The number of rotatable bonds is 7. The van der Waals surface area contributed by atoms with E-state index in [1.165, 1.54) is 0 Å². The van der Waals surface area contributed by atoms with E-state index in [0.717, 1.165) is 0 Å². The number of halogens is 2. The fraction of sp³-hybridized carbons (Fsp3) is 1.00. The first kappa shape index (κ1) is 31.8. The third-order valence-corrected chi connectivity index (χ3v) is 8.86. The van der Waals surface area contributed by atoms with Crippen LogP contribution in [0.5, 0.6) is 0 Å². The maximum Gasteiger partial charge on any atom is 0.190 e. The molecule has 0 aromatic rings. The van der Waals surface area contributed by atoms with Crippen LogP contribution in [-0.4, -0.2) is 146 Å². The zero-order chi connectivity index (χ0) is 29.1. The molecule has 5 rings (SSSR count). The lowest BCUT2D eigenvalue weighted by Gasteiger charge is -2.46. The molecule has 0 saturated carbocycles. The van der Waals surface area contributed by atoms with E-state index in [1.54, 1.807) is 27.7 Å². The minimum atomic E-state index is -1.61. The Bertz CT molecular complexity index is 879. The van der Waals surface area contributed by atoms with Crippen LogP contribution in [-0.2, 0) is 42.6 Å². The fourth-order valence-electron chi connectivity index (χ4n) is 5.66. The lowest BCUT2D eigenvalue weighted by atomic mass is 9.97. The minimum Gasteiger partial charge on any atom is -0.388 e. The molecule has 5 heterocycles. The van der Waals surface area contributed by atoms with Gasteiger partial charge in [-0.2, -0.15) is 0 Å². The van der Waals surface area contributed by atoms with Gasteiger partial charge < -0.3 is 68.2 Å². The van der Waals surface area contributed by atoms with Gasteiger partial charge in [-0.25, -0.2) is 0 Å². The Balaban J connectivity index is 1.24. The standard InChI is InChI=1S/C24H38Br2O14/c1-23(2)37-17-10(35-22-19(18(17)38-23)39-24(3,4)40-22)7-32-20-15(31)13(29)16(9(6-26)34-20)36-21-14(30)12(28)11(27)8(5-25)33-21/h8-22,27-31H,5-7H2,1-4H3/t8-,9-,10-,11-,12+,13-,14-,15-,16-,17+,18+,19-,20-,21-,22-/m1/s1. The Labute approximate surface area is 248 Å². The summed E-state index contributed by atoms with van der Waals surface area (Å²) < 4.78 is 53.4. The highest BCUT2D eigenvalue weighted by Crippen LogP contribution is 2.44. The highest BCUT2D eigenvalue weighted by Gasteiger charge is 2.61. The van der Waals surface area contributed by atoms with Crippen LogP contribution in [0.25, 0.3) is 0 Å². The van der Waals surface area contributed by atoms with Gasteiger partial charge in [0.1, 0.15) is 61.0 Å². The summed E-state index contributed by atoms with van der Waals surface area (Å²) in [4.78, 5) is 0. The molecule has 5 saturated heterocycles. The largest absolute Gasteiger partial charge is 0.388 e. The van der Waals surface area contributed by atoms with Crippen LogP contribution < -0.4 is 0 Å². The van der Waals surface area contributed by atoms with Crippen molar-refractivity contribution in [1.29, 1.82) is 0 Å². The first-order valence-electron chi connectivity index (χ1n) is 13.2. The van der Waals surface area contributed by atoms with Gasteiger partial charge in [0.05, 0.1) is 18.8 Å². The molecular weight excluding hydrogens is 672 g/mol. The van der Waals surface area contributed by atoms with Crippen LogP contribution in [0.4, 0.5) is 0 Å². The van der Waals surface area contributed by atoms with Crippen LogP contribution in [0.15, 0.2) is 0 Å². The summed E-state index contributed by atoms with van der Waals surface area (Å²) in [6, 6.07) is 0. The molecule has 5 N–H and O–H groups in total. The molecule has 0 radical (unpaired) electrons. The van der Waals surface area contributed by atoms with Crippen molar-refractivity contribution in [3.63, 3.8) is 0 Å². The monoisotopic (exact) mass is 708 g/mol. The first-order valence-corrected chi connectivity index (χ1v) is 15.5. The summed E-state index contributed by atoms with van der Waals surface area (Å²) in [6.45, 7) is 7.05. The van der Waals surface area contributed by atoms with Crippen molar-refractivity contribution in [1.82, 2.24) is 0 Å². The molecule has 16 heteroatoms. The normalized spacial score (nSPS) is 51.8. The van der Waals surface area contributed by atoms with Crippen LogP contribution in [0, 0.1) is 0 Å². The second kappa shape index (κ2) is 12.1. The van der Waals surface area contributed by atoms with Gasteiger partial charge in [-0.3, -0.25) is 0 Å². The van der Waals surface area contributed by atoms with E-state index < -0.39 is 104 Å².